The van der Waals surface area contributed by atoms with Gasteiger partial charge in [0.1, 0.15) is 17.3 Å². The van der Waals surface area contributed by atoms with Gasteiger partial charge in [0, 0.05) is 7.05 Å². The number of nitrogens with zero attached hydrogens (tertiary/aromatic N) is 1. The van der Waals surface area contributed by atoms with Crippen molar-refractivity contribution in [1.82, 2.24) is 0 Å². The highest BCUT2D eigenvalue weighted by atomic mass is 19.1. The quantitative estimate of drug-likeness (QED) is 0.941. The molecule has 1 amide bonds. The number of para-hydroxylation sites is 1. The monoisotopic (exact) mass is 289 g/mol. The van der Waals surface area contributed by atoms with Gasteiger partial charge in [0.2, 0.25) is 0 Å². The molecule has 0 bridgehead atoms. The van der Waals surface area contributed by atoms with Crippen LogP contribution in [0.3, 0.4) is 0 Å². The number of aromatic hydroxyl groups is 1. The summed E-state index contributed by atoms with van der Waals surface area (Å²) in [4.78, 5) is 13.5. The summed E-state index contributed by atoms with van der Waals surface area (Å²) in [7, 11) is 1.50. The third kappa shape index (κ3) is 3.51. The number of ether oxygens (including phenoxy) is 1. The smallest absolute Gasteiger partial charge is 0.267 e. The molecule has 0 radical (unpaired) electrons. The minimum atomic E-state index is -0.779. The number of amides is 1. The first-order valence-corrected chi connectivity index (χ1v) is 6.47. The molecule has 0 aliphatic heterocycles. The highest BCUT2D eigenvalue weighted by Crippen LogP contribution is 2.20. The first kappa shape index (κ1) is 14.8. The highest BCUT2D eigenvalue weighted by molar-refractivity contribution is 5.96. The van der Waals surface area contributed by atoms with Crippen LogP contribution in [0.15, 0.2) is 48.5 Å². The van der Waals surface area contributed by atoms with Gasteiger partial charge < -0.3 is 14.7 Å². The second-order valence-electron chi connectivity index (χ2n) is 4.60. The lowest BCUT2D eigenvalue weighted by atomic mass is 10.2. The lowest BCUT2D eigenvalue weighted by molar-refractivity contribution is -0.124. The third-order valence-corrected chi connectivity index (χ3v) is 3.04. The van der Waals surface area contributed by atoms with Gasteiger partial charge in [-0.25, -0.2) is 4.39 Å². The van der Waals surface area contributed by atoms with Gasteiger partial charge >= 0.3 is 0 Å². The van der Waals surface area contributed by atoms with Crippen molar-refractivity contribution < 1.29 is 19.0 Å². The summed E-state index contributed by atoms with van der Waals surface area (Å²) in [5.41, 5.74) is 0.198. The molecule has 5 heteroatoms. The summed E-state index contributed by atoms with van der Waals surface area (Å²) in [5.74, 6) is -0.265. The van der Waals surface area contributed by atoms with E-state index in [1.165, 1.54) is 36.2 Å². The second kappa shape index (κ2) is 6.26. The van der Waals surface area contributed by atoms with Gasteiger partial charge in [-0.3, -0.25) is 4.79 Å². The van der Waals surface area contributed by atoms with Gasteiger partial charge in [0.05, 0.1) is 5.69 Å². The molecule has 0 aliphatic carbocycles. The van der Waals surface area contributed by atoms with Crippen LogP contribution in [0.5, 0.6) is 11.5 Å². The lowest BCUT2D eigenvalue weighted by Crippen LogP contribution is -2.38. The molecule has 2 rings (SSSR count). The topological polar surface area (TPSA) is 49.8 Å². The maximum Gasteiger partial charge on any atom is 0.267 e. The Bertz CT molecular complexity index is 628. The molecular formula is C16H16FNO3. The highest BCUT2D eigenvalue weighted by Gasteiger charge is 2.22. The fourth-order valence-electron chi connectivity index (χ4n) is 1.89. The van der Waals surface area contributed by atoms with E-state index in [1.54, 1.807) is 31.2 Å². The second-order valence-corrected chi connectivity index (χ2v) is 4.60. The van der Waals surface area contributed by atoms with Crippen molar-refractivity contribution in [2.45, 2.75) is 13.0 Å². The van der Waals surface area contributed by atoms with Crippen LogP contribution < -0.4 is 9.64 Å². The molecule has 2 aromatic rings. The average molecular weight is 289 g/mol. The van der Waals surface area contributed by atoms with Crippen LogP contribution in [0, 0.1) is 5.82 Å². The van der Waals surface area contributed by atoms with Crippen molar-refractivity contribution in [3.63, 3.8) is 0 Å². The molecule has 4 nitrogen and oxygen atoms in total. The molecule has 0 fully saturated rings. The van der Waals surface area contributed by atoms with Crippen molar-refractivity contribution in [2.24, 2.45) is 0 Å². The van der Waals surface area contributed by atoms with Crippen molar-refractivity contribution >= 4 is 11.6 Å². The van der Waals surface area contributed by atoms with Crippen LogP contribution in [0.25, 0.3) is 0 Å². The number of carbonyl (C=O) groups is 1. The van der Waals surface area contributed by atoms with E-state index in [4.69, 9.17) is 4.74 Å². The predicted octanol–water partition coefficient (Wildman–Crippen LogP) is 2.96. The van der Waals surface area contributed by atoms with Crippen LogP contribution in [0.1, 0.15) is 6.92 Å². The van der Waals surface area contributed by atoms with E-state index in [2.05, 4.69) is 0 Å². The van der Waals surface area contributed by atoms with E-state index in [-0.39, 0.29) is 17.3 Å². The van der Waals surface area contributed by atoms with Gasteiger partial charge in [-0.05, 0) is 43.3 Å². The molecule has 110 valence electrons. The first-order valence-electron chi connectivity index (χ1n) is 6.47. The normalized spacial score (nSPS) is 11.8. The Labute approximate surface area is 122 Å². The summed E-state index contributed by atoms with van der Waals surface area (Å²) >= 11 is 0. The fraction of sp³-hybridized carbons (Fsp3) is 0.188. The molecule has 21 heavy (non-hydrogen) atoms. The molecule has 1 atom stereocenters. The molecule has 0 aliphatic rings. The number of halogens is 1. The zero-order valence-electron chi connectivity index (χ0n) is 11.8. The average Bonchev–Trinajstić information content (AvgIpc) is 2.48. The van der Waals surface area contributed by atoms with Gasteiger partial charge in [0.25, 0.3) is 5.91 Å². The molecule has 1 N–H and O–H groups in total. The van der Waals surface area contributed by atoms with Crippen molar-refractivity contribution in [1.29, 1.82) is 0 Å². The number of anilines is 1. The van der Waals surface area contributed by atoms with E-state index < -0.39 is 11.9 Å². The van der Waals surface area contributed by atoms with E-state index in [0.717, 1.165) is 0 Å². The Morgan fingerprint density at radius 1 is 1.19 bits per heavy atom. The fourth-order valence-corrected chi connectivity index (χ4v) is 1.89. The standard InChI is InChI=1S/C16H16FNO3/c1-11(21-13-9-7-12(19)8-10-13)16(20)18(2)15-6-4-3-5-14(15)17/h3-11,19H,1-2H3. The summed E-state index contributed by atoms with van der Waals surface area (Å²) in [6.07, 6.45) is -0.779. The van der Waals surface area contributed by atoms with Crippen molar-refractivity contribution in [2.75, 3.05) is 11.9 Å². The SMILES string of the molecule is CC(Oc1ccc(O)cc1)C(=O)N(C)c1ccccc1F. The van der Waals surface area contributed by atoms with Gasteiger partial charge in [-0.15, -0.1) is 0 Å². The lowest BCUT2D eigenvalue weighted by Gasteiger charge is -2.22. The van der Waals surface area contributed by atoms with E-state index >= 15 is 0 Å². The van der Waals surface area contributed by atoms with E-state index in [0.29, 0.717) is 5.75 Å². The Morgan fingerprint density at radius 2 is 1.81 bits per heavy atom. The zero-order valence-corrected chi connectivity index (χ0v) is 11.8. The van der Waals surface area contributed by atoms with Gasteiger partial charge in [-0.1, -0.05) is 12.1 Å². The predicted molar refractivity (Wildman–Crippen MR) is 78.0 cm³/mol. The van der Waals surface area contributed by atoms with E-state index in [1.807, 2.05) is 0 Å². The molecule has 0 heterocycles. The minimum Gasteiger partial charge on any atom is -0.508 e. The number of rotatable bonds is 4. The molecule has 2 aromatic carbocycles. The van der Waals surface area contributed by atoms with Gasteiger partial charge in [0.15, 0.2) is 6.10 Å². The Morgan fingerprint density at radius 3 is 2.43 bits per heavy atom. The summed E-state index contributed by atoms with van der Waals surface area (Å²) in [5, 5.41) is 9.20. The molecule has 0 saturated carbocycles. The summed E-state index contributed by atoms with van der Waals surface area (Å²) in [6.45, 7) is 1.59. The Balaban J connectivity index is 2.08. The number of carbonyl (C=O) groups excluding carboxylic acids is 1. The molecular weight excluding hydrogens is 273 g/mol. The van der Waals surface area contributed by atoms with E-state index in [9.17, 15) is 14.3 Å². The van der Waals surface area contributed by atoms with Crippen molar-refractivity contribution in [3.05, 3.63) is 54.3 Å². The minimum absolute atomic E-state index is 0.116. The number of phenolic OH excluding ortho intramolecular Hbond substituents is 1. The van der Waals surface area contributed by atoms with Crippen LogP contribution in [-0.4, -0.2) is 24.2 Å². The largest absolute Gasteiger partial charge is 0.508 e. The van der Waals surface area contributed by atoms with Gasteiger partial charge in [-0.2, -0.15) is 0 Å². The molecule has 0 spiro atoms. The number of hydrogen-bond acceptors (Lipinski definition) is 3. The van der Waals surface area contributed by atoms with Crippen LogP contribution in [0.2, 0.25) is 0 Å². The maximum absolute atomic E-state index is 13.7. The van der Waals surface area contributed by atoms with Crippen molar-refractivity contribution in [3.8, 4) is 11.5 Å². The van der Waals surface area contributed by atoms with Crippen LogP contribution in [0.4, 0.5) is 10.1 Å². The summed E-state index contributed by atoms with van der Waals surface area (Å²) in [6, 6.07) is 12.1. The first-order chi connectivity index (χ1) is 9.99. The third-order valence-electron chi connectivity index (χ3n) is 3.04. The number of phenols is 1. The number of likely N-dealkylation sites (N-methyl/N-ethyl adjacent to an activating group) is 1. The Kier molecular flexibility index (Phi) is 4.42. The zero-order chi connectivity index (χ0) is 15.4. The molecule has 0 aromatic heterocycles. The van der Waals surface area contributed by atoms with Crippen LogP contribution >= 0.6 is 0 Å². The summed E-state index contributed by atoms with van der Waals surface area (Å²) < 4.78 is 19.2. The molecule has 0 saturated heterocycles. The number of benzene rings is 2. The Hall–Kier alpha value is -2.56. The van der Waals surface area contributed by atoms with Crippen LogP contribution in [-0.2, 0) is 4.79 Å². The molecule has 1 unspecified atom stereocenters. The maximum atomic E-state index is 13.7. The number of hydrogen-bond donors (Lipinski definition) is 1.